The summed E-state index contributed by atoms with van der Waals surface area (Å²) in [7, 11) is 0. The van der Waals surface area contributed by atoms with Crippen molar-refractivity contribution in [2.75, 3.05) is 6.61 Å². The summed E-state index contributed by atoms with van der Waals surface area (Å²) in [5.74, 6) is -1.77. The molecular formula is C27H30O15. The minimum Gasteiger partial charge on any atom is -0.508 e. The maximum atomic E-state index is 13.7. The summed E-state index contributed by atoms with van der Waals surface area (Å²) in [5, 5.41) is 90.7. The van der Waals surface area contributed by atoms with Gasteiger partial charge in [-0.1, -0.05) is 0 Å². The largest absolute Gasteiger partial charge is 0.508 e. The van der Waals surface area contributed by atoms with Crippen LogP contribution in [0.3, 0.4) is 0 Å². The van der Waals surface area contributed by atoms with Crippen LogP contribution in [0.5, 0.6) is 23.0 Å². The first-order chi connectivity index (χ1) is 19.9. The predicted molar refractivity (Wildman–Crippen MR) is 139 cm³/mol. The van der Waals surface area contributed by atoms with Crippen LogP contribution in [0, 0.1) is 0 Å². The SMILES string of the molecule is C[C@@H]1O[C@@H](Oc2cc(O)c3c(=O)c(O[C@@H]4O[C@H](CO)[C@@H](O)[C@H](O)[C@H]4O)c(-c4ccc(O)cc4)oc3c2)[C@H](O)[C@H](O)[C@H]1O. The highest BCUT2D eigenvalue weighted by atomic mass is 16.7. The van der Waals surface area contributed by atoms with E-state index in [1.54, 1.807) is 0 Å². The van der Waals surface area contributed by atoms with Gasteiger partial charge in [0.2, 0.25) is 23.8 Å². The number of benzene rings is 2. The lowest BCUT2D eigenvalue weighted by Gasteiger charge is -2.39. The molecule has 0 radical (unpaired) electrons. The Morgan fingerprint density at radius 3 is 2.05 bits per heavy atom. The highest BCUT2D eigenvalue weighted by Crippen LogP contribution is 2.38. The van der Waals surface area contributed by atoms with Crippen molar-refractivity contribution >= 4 is 11.0 Å². The third-order valence-corrected chi connectivity index (χ3v) is 7.18. The van der Waals surface area contributed by atoms with Crippen LogP contribution in [0.25, 0.3) is 22.3 Å². The fraction of sp³-hybridized carbons (Fsp3) is 0.444. The van der Waals surface area contributed by atoms with Crippen molar-refractivity contribution in [3.8, 4) is 34.3 Å². The number of phenols is 2. The molecule has 2 saturated heterocycles. The Bertz CT molecular complexity index is 1470. The van der Waals surface area contributed by atoms with Crippen molar-refractivity contribution in [2.45, 2.75) is 68.3 Å². The molecule has 2 aliphatic heterocycles. The second kappa shape index (κ2) is 11.6. The first kappa shape index (κ1) is 30.0. The van der Waals surface area contributed by atoms with Gasteiger partial charge in [0.15, 0.2) is 5.76 Å². The van der Waals surface area contributed by atoms with Gasteiger partial charge in [0, 0.05) is 17.7 Å². The van der Waals surface area contributed by atoms with Crippen molar-refractivity contribution in [1.82, 2.24) is 0 Å². The lowest BCUT2D eigenvalue weighted by molar-refractivity contribution is -0.277. The first-order valence-electron chi connectivity index (χ1n) is 12.9. The molecule has 2 aliphatic rings. The maximum absolute atomic E-state index is 13.7. The van der Waals surface area contributed by atoms with Crippen molar-refractivity contribution < 1.29 is 69.3 Å². The van der Waals surface area contributed by atoms with Crippen molar-refractivity contribution in [1.29, 1.82) is 0 Å². The molecule has 0 bridgehead atoms. The van der Waals surface area contributed by atoms with E-state index in [2.05, 4.69) is 0 Å². The average Bonchev–Trinajstić information content (AvgIpc) is 2.96. The van der Waals surface area contributed by atoms with Crippen molar-refractivity contribution in [2.24, 2.45) is 0 Å². The molecule has 228 valence electrons. The monoisotopic (exact) mass is 594 g/mol. The summed E-state index contributed by atoms with van der Waals surface area (Å²) < 4.78 is 28.0. The third-order valence-electron chi connectivity index (χ3n) is 7.18. The summed E-state index contributed by atoms with van der Waals surface area (Å²) in [4.78, 5) is 13.7. The van der Waals surface area contributed by atoms with Gasteiger partial charge in [-0.2, -0.15) is 0 Å². The van der Waals surface area contributed by atoms with Crippen LogP contribution in [-0.2, 0) is 9.47 Å². The van der Waals surface area contributed by atoms with Gasteiger partial charge in [0.25, 0.3) is 0 Å². The molecule has 0 saturated carbocycles. The van der Waals surface area contributed by atoms with E-state index in [0.29, 0.717) is 0 Å². The van der Waals surface area contributed by atoms with Gasteiger partial charge in [-0.25, -0.2) is 0 Å². The second-order valence-electron chi connectivity index (χ2n) is 10.1. The molecule has 0 spiro atoms. The summed E-state index contributed by atoms with van der Waals surface area (Å²) in [6.07, 6.45) is -15.5. The second-order valence-corrected chi connectivity index (χ2v) is 10.1. The van der Waals surface area contributed by atoms with Crippen LogP contribution >= 0.6 is 0 Å². The van der Waals surface area contributed by atoms with Gasteiger partial charge in [-0.15, -0.1) is 0 Å². The predicted octanol–water partition coefficient (Wildman–Crippen LogP) is -1.74. The Balaban J connectivity index is 1.58. The van der Waals surface area contributed by atoms with Crippen LogP contribution < -0.4 is 14.9 Å². The van der Waals surface area contributed by atoms with Gasteiger partial charge in [0.05, 0.1) is 12.7 Å². The normalized spacial score (nSPS) is 33.4. The molecule has 1 aromatic heterocycles. The van der Waals surface area contributed by atoms with Crippen LogP contribution in [0.1, 0.15) is 6.92 Å². The molecule has 0 aliphatic carbocycles. The molecule has 42 heavy (non-hydrogen) atoms. The zero-order valence-electron chi connectivity index (χ0n) is 21.9. The number of aliphatic hydroxyl groups excluding tert-OH is 7. The number of rotatable bonds is 6. The van der Waals surface area contributed by atoms with E-state index in [1.165, 1.54) is 37.3 Å². The third kappa shape index (κ3) is 5.37. The molecule has 15 heteroatoms. The van der Waals surface area contributed by atoms with Crippen LogP contribution in [-0.4, -0.2) is 114 Å². The molecule has 9 N–H and O–H groups in total. The summed E-state index contributed by atoms with van der Waals surface area (Å²) in [6, 6.07) is 7.53. The van der Waals surface area contributed by atoms with Crippen molar-refractivity contribution in [3.05, 3.63) is 46.6 Å². The molecular weight excluding hydrogens is 564 g/mol. The molecule has 3 aromatic rings. The average molecular weight is 595 g/mol. The van der Waals surface area contributed by atoms with Gasteiger partial charge in [-0.05, 0) is 31.2 Å². The fourth-order valence-corrected chi connectivity index (χ4v) is 4.76. The molecule has 0 amide bonds. The standard InChI is InChI=1S/C27H30O15/c1-9-17(31)20(34)22(36)26(38-9)39-12-6-13(30)16-14(7-12)40-24(10-2-4-11(29)5-3-10)25(19(16)33)42-27-23(37)21(35)18(32)15(8-28)41-27/h2-7,9,15,17-18,20-23,26-32,34-37H,8H2,1H3/t9-,15+,17-,18+,20+,21-,22+,23+,26-,27-/m0/s1. The Hall–Kier alpha value is -3.51. The highest BCUT2D eigenvalue weighted by Gasteiger charge is 2.46. The molecule has 5 rings (SSSR count). The topological polar surface area (TPSA) is 249 Å². The van der Waals surface area contributed by atoms with E-state index < -0.39 is 90.3 Å². The van der Waals surface area contributed by atoms with Gasteiger partial charge in [0.1, 0.15) is 70.9 Å². The van der Waals surface area contributed by atoms with Gasteiger partial charge >= 0.3 is 0 Å². The van der Waals surface area contributed by atoms with E-state index in [1.807, 2.05) is 0 Å². The Labute approximate surface area is 236 Å². The van der Waals surface area contributed by atoms with E-state index in [9.17, 15) is 50.8 Å². The number of ether oxygens (including phenoxy) is 4. The maximum Gasteiger partial charge on any atom is 0.239 e. The Morgan fingerprint density at radius 1 is 0.786 bits per heavy atom. The van der Waals surface area contributed by atoms with Crippen LogP contribution in [0.15, 0.2) is 45.6 Å². The van der Waals surface area contributed by atoms with E-state index in [0.717, 1.165) is 6.07 Å². The number of fused-ring (bicyclic) bond motifs is 1. The molecule has 0 unspecified atom stereocenters. The lowest BCUT2D eigenvalue weighted by atomic mass is 9.99. The van der Waals surface area contributed by atoms with Crippen LogP contribution in [0.4, 0.5) is 0 Å². The van der Waals surface area contributed by atoms with Gasteiger partial charge in [-0.3, -0.25) is 4.79 Å². The summed E-state index contributed by atoms with van der Waals surface area (Å²) in [5.41, 5.74) is -1.01. The van der Waals surface area contributed by atoms with Crippen LogP contribution in [0.2, 0.25) is 0 Å². The zero-order chi connectivity index (χ0) is 30.5. The Kier molecular flexibility index (Phi) is 8.30. The van der Waals surface area contributed by atoms with E-state index >= 15 is 0 Å². The zero-order valence-corrected chi connectivity index (χ0v) is 21.9. The lowest BCUT2D eigenvalue weighted by Crippen LogP contribution is -2.60. The van der Waals surface area contributed by atoms with E-state index in [4.69, 9.17) is 23.4 Å². The Morgan fingerprint density at radius 2 is 1.40 bits per heavy atom. The van der Waals surface area contributed by atoms with Crippen molar-refractivity contribution in [3.63, 3.8) is 0 Å². The number of hydrogen-bond donors (Lipinski definition) is 9. The van der Waals surface area contributed by atoms with E-state index in [-0.39, 0.29) is 28.4 Å². The molecule has 2 fully saturated rings. The first-order valence-corrected chi connectivity index (χ1v) is 12.9. The number of phenolic OH excluding ortho intramolecular Hbond substituents is 2. The molecule has 10 atom stereocenters. The minimum absolute atomic E-state index is 0.112. The summed E-state index contributed by atoms with van der Waals surface area (Å²) in [6.45, 7) is 0.702. The summed E-state index contributed by atoms with van der Waals surface area (Å²) >= 11 is 0. The number of hydrogen-bond acceptors (Lipinski definition) is 15. The quantitative estimate of drug-likeness (QED) is 0.154. The number of aromatic hydroxyl groups is 2. The molecule has 15 nitrogen and oxygen atoms in total. The highest BCUT2D eigenvalue weighted by molar-refractivity contribution is 5.88. The minimum atomic E-state index is -1.87. The molecule has 2 aromatic carbocycles. The number of aliphatic hydroxyl groups is 7. The fourth-order valence-electron chi connectivity index (χ4n) is 4.76. The molecule has 3 heterocycles. The van der Waals surface area contributed by atoms with Gasteiger partial charge < -0.3 is 69.3 Å². The smallest absolute Gasteiger partial charge is 0.239 e.